The summed E-state index contributed by atoms with van der Waals surface area (Å²) in [6.07, 6.45) is -0.0621. The Morgan fingerprint density at radius 1 is 0.923 bits per heavy atom. The molecule has 1 saturated carbocycles. The van der Waals surface area contributed by atoms with E-state index in [0.29, 0.717) is 6.42 Å². The van der Waals surface area contributed by atoms with Gasteiger partial charge in [0.1, 0.15) is 6.04 Å². The van der Waals surface area contributed by atoms with Gasteiger partial charge in [-0.15, -0.1) is 0 Å². The first-order chi connectivity index (χ1) is 12.7. The largest absolute Gasteiger partial charge is 0.439 e. The lowest BCUT2D eigenvalue weighted by Gasteiger charge is -2.48. The molecule has 26 heavy (non-hydrogen) atoms. The molecule has 2 N–H and O–H groups in total. The minimum absolute atomic E-state index is 0.0305. The molecule has 5 nitrogen and oxygen atoms in total. The summed E-state index contributed by atoms with van der Waals surface area (Å²) in [5.41, 5.74) is 1.96. The van der Waals surface area contributed by atoms with E-state index in [1.54, 1.807) is 4.90 Å². The number of rotatable bonds is 5. The van der Waals surface area contributed by atoms with Crippen molar-refractivity contribution in [3.05, 3.63) is 71.8 Å². The summed E-state index contributed by atoms with van der Waals surface area (Å²) in [5, 5.41) is 19.2. The van der Waals surface area contributed by atoms with Crippen LogP contribution in [-0.2, 0) is 4.74 Å². The summed E-state index contributed by atoms with van der Waals surface area (Å²) in [7, 11) is 0. The van der Waals surface area contributed by atoms with Crippen molar-refractivity contribution in [3.63, 3.8) is 0 Å². The predicted octanol–water partition coefficient (Wildman–Crippen LogP) is 2.91. The highest BCUT2D eigenvalue weighted by molar-refractivity contribution is 5.72. The smallest absolute Gasteiger partial charge is 0.411 e. The molecule has 5 heteroatoms. The topological polar surface area (TPSA) is 70.0 Å². The van der Waals surface area contributed by atoms with Gasteiger partial charge >= 0.3 is 6.09 Å². The molecule has 2 fully saturated rings. The summed E-state index contributed by atoms with van der Waals surface area (Å²) in [6.45, 7) is -0.0140. The van der Waals surface area contributed by atoms with Gasteiger partial charge < -0.3 is 14.9 Å². The van der Waals surface area contributed by atoms with Crippen LogP contribution in [0.4, 0.5) is 4.79 Å². The lowest BCUT2D eigenvalue weighted by atomic mass is 9.68. The quantitative estimate of drug-likeness (QED) is 0.867. The lowest BCUT2D eigenvalue weighted by molar-refractivity contribution is -0.0403. The van der Waals surface area contributed by atoms with Gasteiger partial charge in [0.05, 0.1) is 0 Å². The zero-order chi connectivity index (χ0) is 18.1. The van der Waals surface area contributed by atoms with Crippen molar-refractivity contribution in [3.8, 4) is 0 Å². The third-order valence-corrected chi connectivity index (χ3v) is 5.74. The van der Waals surface area contributed by atoms with E-state index in [2.05, 4.69) is 0 Å². The van der Waals surface area contributed by atoms with Gasteiger partial charge in [-0.1, -0.05) is 60.7 Å². The van der Waals surface area contributed by atoms with Gasteiger partial charge in [-0.3, -0.25) is 4.90 Å². The summed E-state index contributed by atoms with van der Waals surface area (Å²) in [5.74, 6) is -0.0849. The molecule has 0 unspecified atom stereocenters. The molecule has 0 radical (unpaired) electrons. The number of carbonyl (C=O) groups is 1. The van der Waals surface area contributed by atoms with Crippen LogP contribution in [0.5, 0.6) is 0 Å². The van der Waals surface area contributed by atoms with Gasteiger partial charge in [0.2, 0.25) is 0 Å². The number of hydrogen-bond donors (Lipinski definition) is 2. The van der Waals surface area contributed by atoms with Crippen LogP contribution in [0, 0.1) is 11.8 Å². The fourth-order valence-electron chi connectivity index (χ4n) is 4.29. The second-order valence-corrected chi connectivity index (χ2v) is 7.07. The minimum atomic E-state index is -0.390. The fraction of sp³-hybridized carbons (Fsp3) is 0.381. The van der Waals surface area contributed by atoms with Crippen LogP contribution in [0.1, 0.15) is 29.7 Å². The molecule has 5 atom stereocenters. The minimum Gasteiger partial charge on any atom is -0.439 e. The third kappa shape index (κ3) is 2.77. The molecule has 1 heterocycles. The molecular formula is C21H23NO4. The van der Waals surface area contributed by atoms with Gasteiger partial charge in [-0.25, -0.2) is 4.79 Å². The second-order valence-electron chi connectivity index (χ2n) is 7.07. The Hall–Kier alpha value is -2.37. The van der Waals surface area contributed by atoms with Crippen molar-refractivity contribution < 1.29 is 19.7 Å². The summed E-state index contributed by atoms with van der Waals surface area (Å²) in [6, 6.07) is 19.3. The number of aliphatic hydroxyl groups is 2. The van der Waals surface area contributed by atoms with Gasteiger partial charge in [0, 0.05) is 25.2 Å². The molecule has 4 rings (SSSR count). The normalized spacial score (nSPS) is 30.8. The Bertz CT molecular complexity index is 751. The molecule has 1 saturated heterocycles. The van der Waals surface area contributed by atoms with Crippen molar-refractivity contribution in [1.82, 2.24) is 4.90 Å². The number of hydrogen-bond acceptors (Lipinski definition) is 4. The molecule has 1 aliphatic heterocycles. The van der Waals surface area contributed by atoms with E-state index in [4.69, 9.17) is 4.74 Å². The third-order valence-electron chi connectivity index (χ3n) is 5.74. The summed E-state index contributed by atoms with van der Waals surface area (Å²) < 4.78 is 5.79. The predicted molar refractivity (Wildman–Crippen MR) is 96.2 cm³/mol. The van der Waals surface area contributed by atoms with Crippen LogP contribution < -0.4 is 0 Å². The number of benzene rings is 2. The Morgan fingerprint density at radius 2 is 1.54 bits per heavy atom. The van der Waals surface area contributed by atoms with Gasteiger partial charge in [-0.2, -0.15) is 0 Å². The van der Waals surface area contributed by atoms with Crippen LogP contribution in [0.25, 0.3) is 0 Å². The first-order valence-electron chi connectivity index (χ1n) is 9.05. The maximum absolute atomic E-state index is 12.8. The van der Waals surface area contributed by atoms with Crippen molar-refractivity contribution in [2.24, 2.45) is 11.8 Å². The molecular weight excluding hydrogens is 330 g/mol. The van der Waals surface area contributed by atoms with E-state index in [-0.39, 0.29) is 43.2 Å². The summed E-state index contributed by atoms with van der Waals surface area (Å²) >= 11 is 0. The van der Waals surface area contributed by atoms with Crippen molar-refractivity contribution in [1.29, 1.82) is 0 Å². The van der Waals surface area contributed by atoms with Crippen molar-refractivity contribution in [2.75, 3.05) is 13.2 Å². The van der Waals surface area contributed by atoms with Crippen LogP contribution in [0.3, 0.4) is 0 Å². The Morgan fingerprint density at radius 3 is 2.12 bits per heavy atom. The number of aliphatic hydroxyl groups excluding tert-OH is 2. The van der Waals surface area contributed by atoms with Crippen molar-refractivity contribution in [2.45, 2.75) is 24.6 Å². The number of cyclic esters (lactones) is 1. The molecule has 1 aliphatic carbocycles. The Kier molecular flexibility index (Phi) is 4.66. The highest BCUT2D eigenvalue weighted by Crippen LogP contribution is 2.49. The van der Waals surface area contributed by atoms with Crippen LogP contribution in [0.15, 0.2) is 60.7 Å². The highest BCUT2D eigenvalue weighted by Gasteiger charge is 2.53. The van der Waals surface area contributed by atoms with Crippen molar-refractivity contribution >= 4 is 6.09 Å². The zero-order valence-corrected chi connectivity index (χ0v) is 14.4. The standard InChI is InChI=1S/C21H23NO4/c23-12-16-11-18(17(16)13-24)22-19(14-7-3-1-4-8-14)20(26-21(22)25)15-9-5-2-6-10-15/h1-10,16-20,23-24H,11-13H2/t16-,17+,18+,19+,20-/m0/s1. The Balaban J connectivity index is 1.72. The SMILES string of the molecule is O=C1O[C@@H](c2ccccc2)[C@@H](c2ccccc2)N1[C@@H]1C[C@@H](CO)[C@H]1CO. The van der Waals surface area contributed by atoms with Gasteiger partial charge in [-0.05, 0) is 23.5 Å². The average molecular weight is 353 g/mol. The highest BCUT2D eigenvalue weighted by atomic mass is 16.6. The van der Waals surface area contributed by atoms with Crippen LogP contribution >= 0.6 is 0 Å². The molecule has 0 aromatic heterocycles. The molecule has 0 spiro atoms. The van der Waals surface area contributed by atoms with E-state index in [0.717, 1.165) is 11.1 Å². The van der Waals surface area contributed by atoms with E-state index in [9.17, 15) is 15.0 Å². The number of nitrogens with zero attached hydrogens (tertiary/aromatic N) is 1. The summed E-state index contributed by atoms with van der Waals surface area (Å²) in [4.78, 5) is 14.6. The second kappa shape index (κ2) is 7.09. The van der Waals surface area contributed by atoms with Gasteiger partial charge in [0.25, 0.3) is 0 Å². The monoisotopic (exact) mass is 353 g/mol. The molecule has 2 aliphatic rings. The molecule has 0 bridgehead atoms. The Labute approximate surface area is 152 Å². The van der Waals surface area contributed by atoms with E-state index >= 15 is 0 Å². The van der Waals surface area contributed by atoms with E-state index < -0.39 is 6.10 Å². The maximum atomic E-state index is 12.8. The lowest BCUT2D eigenvalue weighted by Crippen LogP contribution is -2.56. The maximum Gasteiger partial charge on any atom is 0.411 e. The van der Waals surface area contributed by atoms with Crippen LogP contribution in [-0.4, -0.2) is 40.5 Å². The average Bonchev–Trinajstić information content (AvgIpc) is 3.00. The number of carbonyl (C=O) groups excluding carboxylic acids is 1. The van der Waals surface area contributed by atoms with Crippen LogP contribution in [0.2, 0.25) is 0 Å². The van der Waals surface area contributed by atoms with E-state index in [1.165, 1.54) is 0 Å². The molecule has 1 amide bonds. The molecule has 136 valence electrons. The fourth-order valence-corrected chi connectivity index (χ4v) is 4.29. The molecule has 2 aromatic rings. The van der Waals surface area contributed by atoms with E-state index in [1.807, 2.05) is 60.7 Å². The van der Waals surface area contributed by atoms with Gasteiger partial charge in [0.15, 0.2) is 6.10 Å². The molecule has 2 aromatic carbocycles. The first-order valence-corrected chi connectivity index (χ1v) is 9.05. The number of amides is 1. The first kappa shape index (κ1) is 17.1. The number of ether oxygens (including phenoxy) is 1. The zero-order valence-electron chi connectivity index (χ0n) is 14.4.